The summed E-state index contributed by atoms with van der Waals surface area (Å²) in [5.41, 5.74) is -0.444. The van der Waals surface area contributed by atoms with Crippen LogP contribution in [0.2, 0.25) is 0 Å². The molecule has 2 rings (SSSR count). The zero-order valence-electron chi connectivity index (χ0n) is 15.8. The summed E-state index contributed by atoms with van der Waals surface area (Å²) in [6.45, 7) is 4.68. The van der Waals surface area contributed by atoms with Crippen molar-refractivity contribution in [3.05, 3.63) is 30.3 Å². The number of anilines is 1. The summed E-state index contributed by atoms with van der Waals surface area (Å²) < 4.78 is 4.88. The van der Waals surface area contributed by atoms with Crippen LogP contribution in [0.15, 0.2) is 30.3 Å². The second kappa shape index (κ2) is 8.66. The first kappa shape index (κ1) is 20.4. The van der Waals surface area contributed by atoms with E-state index in [0.29, 0.717) is 18.0 Å². The highest BCUT2D eigenvalue weighted by Gasteiger charge is 2.48. The highest BCUT2D eigenvalue weighted by atomic mass is 16.5. The summed E-state index contributed by atoms with van der Waals surface area (Å²) in [5.74, 6) is -1.41. The van der Waals surface area contributed by atoms with Crippen LogP contribution in [-0.2, 0) is 19.1 Å². The number of imide groups is 1. The molecule has 0 spiro atoms. The van der Waals surface area contributed by atoms with Gasteiger partial charge in [0.05, 0.1) is 0 Å². The van der Waals surface area contributed by atoms with E-state index in [1.807, 2.05) is 19.9 Å². The van der Waals surface area contributed by atoms with E-state index in [1.165, 1.54) is 0 Å². The predicted molar refractivity (Wildman–Crippen MR) is 98.8 cm³/mol. The molecule has 0 unspecified atom stereocenters. The molecule has 2 N–H and O–H groups in total. The third-order valence-corrected chi connectivity index (χ3v) is 4.28. The molecule has 1 aromatic rings. The van der Waals surface area contributed by atoms with Gasteiger partial charge in [0.2, 0.25) is 0 Å². The summed E-state index contributed by atoms with van der Waals surface area (Å²) in [6.07, 6.45) is 1.25. The Labute approximate surface area is 158 Å². The predicted octanol–water partition coefficient (Wildman–Crippen LogP) is 1.91. The molecule has 1 saturated heterocycles. The molecule has 8 heteroatoms. The number of nitrogens with one attached hydrogen (secondary N) is 2. The van der Waals surface area contributed by atoms with Gasteiger partial charge < -0.3 is 15.4 Å². The summed E-state index contributed by atoms with van der Waals surface area (Å²) in [7, 11) is 0. The first-order valence-electron chi connectivity index (χ1n) is 8.86. The number of amides is 4. The number of para-hydroxylation sites is 1. The molecule has 1 heterocycles. The number of rotatable bonds is 8. The zero-order valence-corrected chi connectivity index (χ0v) is 15.8. The van der Waals surface area contributed by atoms with Gasteiger partial charge in [0.15, 0.2) is 6.61 Å². The first-order valence-corrected chi connectivity index (χ1v) is 8.86. The number of hydrogen-bond donors (Lipinski definition) is 2. The Kier molecular flexibility index (Phi) is 6.55. The summed E-state index contributed by atoms with van der Waals surface area (Å²) in [4.78, 5) is 49.2. The van der Waals surface area contributed by atoms with Crippen molar-refractivity contribution in [3.63, 3.8) is 0 Å². The van der Waals surface area contributed by atoms with Crippen molar-refractivity contribution < 1.29 is 23.9 Å². The Morgan fingerprint density at radius 3 is 2.52 bits per heavy atom. The van der Waals surface area contributed by atoms with Crippen LogP contribution in [0.1, 0.15) is 33.6 Å². The van der Waals surface area contributed by atoms with Crippen molar-refractivity contribution in [2.75, 3.05) is 18.5 Å². The van der Waals surface area contributed by atoms with Gasteiger partial charge in [0, 0.05) is 5.69 Å². The Bertz CT molecular complexity index is 719. The molecule has 0 bridgehead atoms. The largest absolute Gasteiger partial charge is 0.454 e. The lowest BCUT2D eigenvalue weighted by molar-refractivity contribution is -0.150. The van der Waals surface area contributed by atoms with Gasteiger partial charge in [-0.2, -0.15) is 0 Å². The number of benzene rings is 1. The van der Waals surface area contributed by atoms with Crippen LogP contribution in [0.4, 0.5) is 10.5 Å². The van der Waals surface area contributed by atoms with Gasteiger partial charge in [-0.1, -0.05) is 32.0 Å². The van der Waals surface area contributed by atoms with E-state index in [2.05, 4.69) is 10.6 Å². The molecule has 1 atom stereocenters. The molecule has 1 aromatic carbocycles. The van der Waals surface area contributed by atoms with E-state index in [4.69, 9.17) is 4.74 Å². The molecule has 27 heavy (non-hydrogen) atoms. The molecule has 0 saturated carbocycles. The van der Waals surface area contributed by atoms with Crippen LogP contribution in [0.25, 0.3) is 0 Å². The van der Waals surface area contributed by atoms with Gasteiger partial charge >= 0.3 is 12.0 Å². The van der Waals surface area contributed by atoms with Crippen molar-refractivity contribution in [1.82, 2.24) is 10.2 Å². The zero-order chi connectivity index (χ0) is 20.0. The molecule has 1 fully saturated rings. The molecular weight excluding hydrogens is 350 g/mol. The average Bonchev–Trinajstić information content (AvgIpc) is 2.83. The number of carbonyl (C=O) groups is 4. The van der Waals surface area contributed by atoms with E-state index in [1.54, 1.807) is 31.2 Å². The second-order valence-electron chi connectivity index (χ2n) is 7.16. The molecule has 8 nitrogen and oxygen atoms in total. The smallest absolute Gasteiger partial charge is 0.326 e. The SMILES string of the molecule is CC(C)CC[C@]1(C)NC(=O)N(CC(=O)OCC(=O)Nc2ccccc2)C1=O. The van der Waals surface area contributed by atoms with E-state index in [-0.39, 0.29) is 0 Å². The number of hydrogen-bond acceptors (Lipinski definition) is 5. The van der Waals surface area contributed by atoms with Gasteiger partial charge in [0.1, 0.15) is 12.1 Å². The fourth-order valence-corrected chi connectivity index (χ4v) is 2.68. The highest BCUT2D eigenvalue weighted by Crippen LogP contribution is 2.24. The van der Waals surface area contributed by atoms with Crippen LogP contribution in [0.3, 0.4) is 0 Å². The van der Waals surface area contributed by atoms with Crippen LogP contribution < -0.4 is 10.6 Å². The summed E-state index contributed by atoms with van der Waals surface area (Å²) in [5, 5.41) is 5.21. The molecule has 146 valence electrons. The van der Waals surface area contributed by atoms with Gasteiger partial charge in [-0.15, -0.1) is 0 Å². The van der Waals surface area contributed by atoms with Crippen LogP contribution in [0.5, 0.6) is 0 Å². The summed E-state index contributed by atoms with van der Waals surface area (Å²) in [6, 6.07) is 8.10. The number of carbonyl (C=O) groups excluding carboxylic acids is 4. The Hall–Kier alpha value is -2.90. The van der Waals surface area contributed by atoms with Crippen molar-refractivity contribution in [3.8, 4) is 0 Å². The fraction of sp³-hybridized carbons (Fsp3) is 0.474. The lowest BCUT2D eigenvalue weighted by Crippen LogP contribution is -2.44. The number of urea groups is 1. The monoisotopic (exact) mass is 375 g/mol. The maximum Gasteiger partial charge on any atom is 0.326 e. The molecule has 4 amide bonds. The molecule has 1 aliphatic heterocycles. The molecule has 0 aliphatic carbocycles. The normalized spacial score (nSPS) is 19.2. The number of nitrogens with zero attached hydrogens (tertiary/aromatic N) is 1. The Morgan fingerprint density at radius 2 is 1.89 bits per heavy atom. The lowest BCUT2D eigenvalue weighted by Gasteiger charge is -2.22. The van der Waals surface area contributed by atoms with E-state index in [9.17, 15) is 19.2 Å². The topological polar surface area (TPSA) is 105 Å². The minimum Gasteiger partial charge on any atom is -0.454 e. The van der Waals surface area contributed by atoms with Crippen molar-refractivity contribution in [2.24, 2.45) is 5.92 Å². The summed E-state index contributed by atoms with van der Waals surface area (Å²) >= 11 is 0. The Balaban J connectivity index is 1.83. The van der Waals surface area contributed by atoms with Crippen molar-refractivity contribution in [1.29, 1.82) is 0 Å². The quantitative estimate of drug-likeness (QED) is 0.533. The van der Waals surface area contributed by atoms with Crippen LogP contribution >= 0.6 is 0 Å². The molecule has 0 radical (unpaired) electrons. The number of ether oxygens (including phenoxy) is 1. The highest BCUT2D eigenvalue weighted by molar-refractivity contribution is 6.08. The standard InChI is InChI=1S/C19H25N3O5/c1-13(2)9-10-19(3)17(25)22(18(26)21-19)11-16(24)27-12-15(23)20-14-7-5-4-6-8-14/h4-8,13H,9-12H2,1-3H3,(H,20,23)(H,21,26)/t19-/m0/s1. The van der Waals surface area contributed by atoms with E-state index in [0.717, 1.165) is 11.3 Å². The maximum absolute atomic E-state index is 12.5. The minimum absolute atomic E-state index is 0.383. The second-order valence-corrected chi connectivity index (χ2v) is 7.16. The van der Waals surface area contributed by atoms with Gasteiger partial charge in [-0.3, -0.25) is 19.3 Å². The van der Waals surface area contributed by atoms with E-state index >= 15 is 0 Å². The number of esters is 1. The van der Waals surface area contributed by atoms with Gasteiger partial charge in [-0.05, 0) is 37.8 Å². The molecular formula is C19H25N3O5. The van der Waals surface area contributed by atoms with Crippen LogP contribution in [-0.4, -0.2) is 47.4 Å². The fourth-order valence-electron chi connectivity index (χ4n) is 2.68. The average molecular weight is 375 g/mol. The minimum atomic E-state index is -1.02. The van der Waals surface area contributed by atoms with Crippen molar-refractivity contribution >= 4 is 29.5 Å². The molecule has 1 aliphatic rings. The third kappa shape index (κ3) is 5.54. The van der Waals surface area contributed by atoms with Crippen molar-refractivity contribution in [2.45, 2.75) is 39.2 Å². The first-order chi connectivity index (χ1) is 12.7. The van der Waals surface area contributed by atoms with Crippen LogP contribution in [0, 0.1) is 5.92 Å². The Morgan fingerprint density at radius 1 is 1.22 bits per heavy atom. The maximum atomic E-state index is 12.5. The lowest BCUT2D eigenvalue weighted by atomic mass is 9.92. The van der Waals surface area contributed by atoms with Gasteiger partial charge in [-0.25, -0.2) is 4.79 Å². The van der Waals surface area contributed by atoms with E-state index < -0.39 is 42.5 Å². The van der Waals surface area contributed by atoms with Gasteiger partial charge in [0.25, 0.3) is 11.8 Å². The third-order valence-electron chi connectivity index (χ3n) is 4.28. The molecule has 0 aromatic heterocycles.